The van der Waals surface area contributed by atoms with E-state index in [1.165, 1.54) is 0 Å². The first-order chi connectivity index (χ1) is 13.6. The molecule has 0 saturated carbocycles. The van der Waals surface area contributed by atoms with E-state index in [-0.39, 0.29) is 19.0 Å². The third kappa shape index (κ3) is 4.85. The lowest BCUT2D eigenvalue weighted by molar-refractivity contribution is -0.147. The zero-order valence-electron chi connectivity index (χ0n) is 15.8. The summed E-state index contributed by atoms with van der Waals surface area (Å²) >= 11 is 0. The topological polar surface area (TPSA) is 78.6 Å². The number of carbonyl (C=O) groups excluding carboxylic acids is 2. The molecule has 6 heteroatoms. The summed E-state index contributed by atoms with van der Waals surface area (Å²) in [5, 5.41) is 0. The second kappa shape index (κ2) is 8.99. The van der Waals surface area contributed by atoms with Gasteiger partial charge in [0, 0.05) is 17.5 Å². The summed E-state index contributed by atoms with van der Waals surface area (Å²) in [6.07, 6.45) is 0.444. The highest BCUT2D eigenvalue weighted by Crippen LogP contribution is 2.21. The van der Waals surface area contributed by atoms with Crippen molar-refractivity contribution in [3.05, 3.63) is 71.6 Å². The van der Waals surface area contributed by atoms with Crippen molar-refractivity contribution in [2.75, 3.05) is 6.61 Å². The fourth-order valence-corrected chi connectivity index (χ4v) is 2.54. The summed E-state index contributed by atoms with van der Waals surface area (Å²) in [4.78, 5) is 27.9. The molecule has 0 amide bonds. The number of esters is 1. The minimum atomic E-state index is -0.516. The molecular formula is C22H21NO5. The maximum atomic E-state index is 11.9. The largest absolute Gasteiger partial charge is 0.482 e. The van der Waals surface area contributed by atoms with Crippen LogP contribution >= 0.6 is 0 Å². The molecule has 0 aliphatic carbocycles. The molecule has 0 aliphatic heterocycles. The van der Waals surface area contributed by atoms with Crippen LogP contribution in [0.4, 0.5) is 0 Å². The average Bonchev–Trinajstić information content (AvgIpc) is 3.11. The first-order valence-electron chi connectivity index (χ1n) is 9.00. The van der Waals surface area contributed by atoms with E-state index in [0.717, 1.165) is 5.56 Å². The van der Waals surface area contributed by atoms with Gasteiger partial charge >= 0.3 is 5.97 Å². The Hall–Kier alpha value is -3.41. The summed E-state index contributed by atoms with van der Waals surface area (Å²) in [5.41, 5.74) is 2.04. The van der Waals surface area contributed by atoms with Crippen LogP contribution in [-0.2, 0) is 16.1 Å². The van der Waals surface area contributed by atoms with Crippen LogP contribution in [0.3, 0.4) is 0 Å². The highest BCUT2D eigenvalue weighted by molar-refractivity contribution is 5.95. The number of Topliss-reactive ketones (excluding diaryl/α,β-unsaturated/α-hetero) is 1. The fourth-order valence-electron chi connectivity index (χ4n) is 2.54. The Balaban J connectivity index is 1.51. The van der Waals surface area contributed by atoms with Gasteiger partial charge in [-0.2, -0.15) is 0 Å². The van der Waals surface area contributed by atoms with Crippen molar-refractivity contribution in [1.82, 2.24) is 4.98 Å². The number of hydrogen-bond acceptors (Lipinski definition) is 6. The number of oxazole rings is 1. The van der Waals surface area contributed by atoms with E-state index < -0.39 is 5.97 Å². The summed E-state index contributed by atoms with van der Waals surface area (Å²) in [7, 11) is 0. The number of ether oxygens (including phenoxy) is 2. The molecule has 1 aromatic heterocycles. The molecule has 0 atom stereocenters. The Kier molecular flexibility index (Phi) is 6.22. The third-order valence-electron chi connectivity index (χ3n) is 4.14. The van der Waals surface area contributed by atoms with Gasteiger partial charge in [-0.3, -0.25) is 4.79 Å². The van der Waals surface area contributed by atoms with Gasteiger partial charge < -0.3 is 13.9 Å². The van der Waals surface area contributed by atoms with E-state index in [4.69, 9.17) is 13.9 Å². The van der Waals surface area contributed by atoms with Gasteiger partial charge in [0.2, 0.25) is 5.89 Å². The van der Waals surface area contributed by atoms with Gasteiger partial charge in [-0.15, -0.1) is 0 Å². The Morgan fingerprint density at radius 2 is 1.75 bits per heavy atom. The zero-order valence-corrected chi connectivity index (χ0v) is 15.8. The predicted molar refractivity (Wildman–Crippen MR) is 103 cm³/mol. The highest BCUT2D eigenvalue weighted by atomic mass is 16.6. The minimum absolute atomic E-state index is 0.00823. The van der Waals surface area contributed by atoms with Crippen molar-refractivity contribution in [3.8, 4) is 17.2 Å². The molecule has 3 aromatic rings. The standard InChI is InChI=1S/C22H21NO5/c1-3-20(24)16-9-11-18(12-10-16)26-14-21(25)27-13-19-15(2)28-22(23-19)17-7-5-4-6-8-17/h4-12H,3,13-14H2,1-2H3. The van der Waals surface area contributed by atoms with E-state index in [1.807, 2.05) is 37.3 Å². The smallest absolute Gasteiger partial charge is 0.344 e. The van der Waals surface area contributed by atoms with E-state index >= 15 is 0 Å². The predicted octanol–water partition coefficient (Wildman–Crippen LogP) is 4.36. The molecule has 0 saturated heterocycles. The van der Waals surface area contributed by atoms with Crippen LogP contribution in [0.2, 0.25) is 0 Å². The lowest BCUT2D eigenvalue weighted by atomic mass is 10.1. The van der Waals surface area contributed by atoms with E-state index in [2.05, 4.69) is 4.98 Å². The van der Waals surface area contributed by atoms with Crippen molar-refractivity contribution in [1.29, 1.82) is 0 Å². The van der Waals surface area contributed by atoms with Crippen molar-refractivity contribution in [2.24, 2.45) is 0 Å². The molecule has 28 heavy (non-hydrogen) atoms. The summed E-state index contributed by atoms with van der Waals surface area (Å²) in [6.45, 7) is 3.36. The van der Waals surface area contributed by atoms with Crippen molar-refractivity contribution in [3.63, 3.8) is 0 Å². The summed E-state index contributed by atoms with van der Waals surface area (Å²) in [6, 6.07) is 16.2. The summed E-state index contributed by atoms with van der Waals surface area (Å²) in [5.74, 6) is 1.13. The van der Waals surface area contributed by atoms with E-state index in [1.54, 1.807) is 31.2 Å². The molecule has 6 nitrogen and oxygen atoms in total. The Bertz CT molecular complexity index is 945. The van der Waals surface area contributed by atoms with Gasteiger partial charge in [0.1, 0.15) is 23.8 Å². The molecule has 2 aromatic carbocycles. The van der Waals surface area contributed by atoms with Crippen LogP contribution in [0.15, 0.2) is 59.0 Å². The van der Waals surface area contributed by atoms with Crippen molar-refractivity contribution in [2.45, 2.75) is 26.9 Å². The van der Waals surface area contributed by atoms with Crippen LogP contribution < -0.4 is 4.74 Å². The Morgan fingerprint density at radius 3 is 2.43 bits per heavy atom. The van der Waals surface area contributed by atoms with E-state index in [9.17, 15) is 9.59 Å². The van der Waals surface area contributed by atoms with Crippen LogP contribution in [0, 0.1) is 6.92 Å². The molecule has 3 rings (SSSR count). The first-order valence-corrected chi connectivity index (χ1v) is 9.00. The van der Waals surface area contributed by atoms with Gasteiger partial charge in [0.05, 0.1) is 0 Å². The SMILES string of the molecule is CCC(=O)c1ccc(OCC(=O)OCc2nc(-c3ccccc3)oc2C)cc1. The number of hydrogen-bond donors (Lipinski definition) is 0. The number of benzene rings is 2. The zero-order chi connectivity index (χ0) is 19.9. The second-order valence-electron chi connectivity index (χ2n) is 6.14. The van der Waals surface area contributed by atoms with Crippen LogP contribution in [0.25, 0.3) is 11.5 Å². The Labute approximate surface area is 163 Å². The normalized spacial score (nSPS) is 10.5. The molecule has 1 heterocycles. The van der Waals surface area contributed by atoms with Crippen LogP contribution in [-0.4, -0.2) is 23.3 Å². The van der Waals surface area contributed by atoms with Gasteiger partial charge in [-0.25, -0.2) is 9.78 Å². The number of aromatic nitrogens is 1. The number of carbonyl (C=O) groups is 2. The molecule has 0 bridgehead atoms. The maximum Gasteiger partial charge on any atom is 0.344 e. The molecule has 0 aliphatic rings. The van der Waals surface area contributed by atoms with Gasteiger partial charge in [-0.1, -0.05) is 25.1 Å². The third-order valence-corrected chi connectivity index (χ3v) is 4.14. The maximum absolute atomic E-state index is 11.9. The molecule has 0 spiro atoms. The van der Waals surface area contributed by atoms with Crippen molar-refractivity contribution < 1.29 is 23.5 Å². The van der Waals surface area contributed by atoms with Gasteiger partial charge in [0.25, 0.3) is 0 Å². The lowest BCUT2D eigenvalue weighted by Crippen LogP contribution is -2.15. The summed E-state index contributed by atoms with van der Waals surface area (Å²) < 4.78 is 16.3. The monoisotopic (exact) mass is 379 g/mol. The first kappa shape index (κ1) is 19.4. The molecule has 0 unspecified atom stereocenters. The highest BCUT2D eigenvalue weighted by Gasteiger charge is 2.14. The molecule has 0 N–H and O–H groups in total. The molecular weight excluding hydrogens is 358 g/mol. The molecule has 0 radical (unpaired) electrons. The van der Waals surface area contributed by atoms with Crippen LogP contribution in [0.5, 0.6) is 5.75 Å². The minimum Gasteiger partial charge on any atom is -0.482 e. The van der Waals surface area contributed by atoms with Crippen molar-refractivity contribution >= 4 is 11.8 Å². The van der Waals surface area contributed by atoms with Gasteiger partial charge in [0.15, 0.2) is 12.4 Å². The van der Waals surface area contributed by atoms with E-state index in [0.29, 0.717) is 35.1 Å². The number of ketones is 1. The lowest BCUT2D eigenvalue weighted by Gasteiger charge is -2.07. The van der Waals surface area contributed by atoms with Crippen LogP contribution in [0.1, 0.15) is 35.2 Å². The quantitative estimate of drug-likeness (QED) is 0.427. The number of aryl methyl sites for hydroxylation is 1. The average molecular weight is 379 g/mol. The number of nitrogens with zero attached hydrogens (tertiary/aromatic N) is 1. The Morgan fingerprint density at radius 1 is 1.04 bits per heavy atom. The number of rotatable bonds is 8. The second-order valence-corrected chi connectivity index (χ2v) is 6.14. The molecule has 0 fully saturated rings. The molecule has 144 valence electrons. The van der Waals surface area contributed by atoms with Gasteiger partial charge in [-0.05, 0) is 43.3 Å². The fraction of sp³-hybridized carbons (Fsp3) is 0.227.